The molecule has 0 aliphatic carbocycles. The van der Waals surface area contributed by atoms with Crippen molar-refractivity contribution < 1.29 is 19.1 Å². The van der Waals surface area contributed by atoms with Crippen LogP contribution in [0.15, 0.2) is 137 Å². The van der Waals surface area contributed by atoms with Crippen molar-refractivity contribution >= 4 is 58.3 Å². The van der Waals surface area contributed by atoms with Gasteiger partial charge in [0.2, 0.25) is 5.91 Å². The molecule has 0 saturated carbocycles. The van der Waals surface area contributed by atoms with Gasteiger partial charge in [0.05, 0.1) is 12.3 Å². The fraction of sp³-hybridized carbons (Fsp3) is 0.0833. The van der Waals surface area contributed by atoms with Gasteiger partial charge in [0.15, 0.2) is 0 Å². The average molecular weight is 634 g/mol. The summed E-state index contributed by atoms with van der Waals surface area (Å²) >= 11 is 2.89. The first kappa shape index (κ1) is 31.3. The van der Waals surface area contributed by atoms with Gasteiger partial charge in [-0.05, 0) is 89.5 Å². The van der Waals surface area contributed by atoms with Crippen molar-refractivity contribution in [3.05, 3.63) is 148 Å². The number of thiophene rings is 1. The maximum atomic E-state index is 13.6. The predicted octanol–water partition coefficient (Wildman–Crippen LogP) is 8.03. The minimum atomic E-state index is -0.547. The molecule has 0 fully saturated rings. The summed E-state index contributed by atoms with van der Waals surface area (Å²) in [5.74, 6) is -0.417. The lowest BCUT2D eigenvalue weighted by atomic mass is 10.1. The number of nitrogens with one attached hydrogen (secondary N) is 3. The summed E-state index contributed by atoms with van der Waals surface area (Å²) in [4.78, 5) is 40.6. The summed E-state index contributed by atoms with van der Waals surface area (Å²) in [5.41, 5.74) is 3.37. The summed E-state index contributed by atoms with van der Waals surface area (Å²) in [7, 11) is 0. The molecule has 0 radical (unpaired) electrons. The third kappa shape index (κ3) is 8.72. The van der Waals surface area contributed by atoms with Gasteiger partial charge in [-0.25, -0.2) is 0 Å². The zero-order chi connectivity index (χ0) is 31.4. The fourth-order valence-corrected chi connectivity index (χ4v) is 6.01. The molecule has 7 nitrogen and oxygen atoms in total. The lowest BCUT2D eigenvalue weighted by Gasteiger charge is -2.19. The van der Waals surface area contributed by atoms with E-state index in [1.54, 1.807) is 42.5 Å². The van der Waals surface area contributed by atoms with E-state index in [9.17, 15) is 14.4 Å². The van der Waals surface area contributed by atoms with Crippen molar-refractivity contribution in [2.45, 2.75) is 17.1 Å². The second-order valence-electron chi connectivity index (χ2n) is 9.74. The highest BCUT2D eigenvalue weighted by Crippen LogP contribution is 2.37. The van der Waals surface area contributed by atoms with E-state index in [1.807, 2.05) is 96.5 Å². The van der Waals surface area contributed by atoms with Gasteiger partial charge in [-0.1, -0.05) is 60.7 Å². The van der Waals surface area contributed by atoms with Crippen LogP contribution in [0.3, 0.4) is 0 Å². The Bertz CT molecular complexity index is 1760. The number of carbonyl (C=O) groups excluding carboxylic acids is 3. The summed E-state index contributed by atoms with van der Waals surface area (Å²) in [6.07, 6.45) is 1.64. The molecule has 1 atom stereocenters. The van der Waals surface area contributed by atoms with Crippen LogP contribution in [0.4, 0.5) is 11.4 Å². The molecule has 0 spiro atoms. The second kappa shape index (κ2) is 15.6. The highest BCUT2D eigenvalue weighted by atomic mass is 32.2. The van der Waals surface area contributed by atoms with Gasteiger partial charge in [-0.15, -0.1) is 11.8 Å². The molecule has 45 heavy (non-hydrogen) atoms. The fourth-order valence-electron chi connectivity index (χ4n) is 4.37. The predicted molar refractivity (Wildman–Crippen MR) is 183 cm³/mol. The third-order valence-corrected chi connectivity index (χ3v) is 8.50. The number of rotatable bonds is 12. The lowest BCUT2D eigenvalue weighted by molar-refractivity contribution is -0.116. The van der Waals surface area contributed by atoms with E-state index in [0.29, 0.717) is 29.3 Å². The molecular weight excluding hydrogens is 603 g/mol. The van der Waals surface area contributed by atoms with E-state index in [4.69, 9.17) is 4.74 Å². The normalized spacial score (nSPS) is 11.7. The molecule has 226 valence electrons. The molecule has 5 aromatic rings. The number of hydrogen-bond acceptors (Lipinski definition) is 6. The zero-order valence-electron chi connectivity index (χ0n) is 24.4. The van der Waals surface area contributed by atoms with Crippen LogP contribution >= 0.6 is 23.1 Å². The Morgan fingerprint density at radius 3 is 2.20 bits per heavy atom. The van der Waals surface area contributed by atoms with Gasteiger partial charge in [-0.2, -0.15) is 11.3 Å². The number of hydrogen-bond donors (Lipinski definition) is 3. The SMILES string of the molecule is CCOc1ccccc1NC(=O)C(Sc1ccc(NC(=O)/C(=C/c2ccsc2)NC(=O)c2ccccc2)cc1)c1ccccc1. The standard InChI is InChI=1S/C36H31N3O4S2/c1-2-43-32-16-10-9-15-30(32)38-36(42)33(26-11-5-3-6-12-26)45-29-19-17-28(18-20-29)37-35(41)31(23-25-21-22-44-24-25)39-34(40)27-13-7-4-8-14-27/h3-24,33H,2H2,1H3,(H,37,41)(H,38,42)(H,39,40)/b31-23-. The monoisotopic (exact) mass is 633 g/mol. The molecule has 4 aromatic carbocycles. The molecule has 1 aromatic heterocycles. The highest BCUT2D eigenvalue weighted by Gasteiger charge is 2.23. The van der Waals surface area contributed by atoms with Crippen LogP contribution in [0.5, 0.6) is 5.75 Å². The summed E-state index contributed by atoms with van der Waals surface area (Å²) in [5, 5.41) is 11.9. The topological polar surface area (TPSA) is 96.5 Å². The van der Waals surface area contributed by atoms with Crippen LogP contribution < -0.4 is 20.7 Å². The van der Waals surface area contributed by atoms with Crippen LogP contribution in [-0.2, 0) is 9.59 Å². The van der Waals surface area contributed by atoms with E-state index in [1.165, 1.54) is 23.1 Å². The van der Waals surface area contributed by atoms with Crippen molar-refractivity contribution in [3.63, 3.8) is 0 Å². The molecule has 1 unspecified atom stereocenters. The number of para-hydroxylation sites is 2. The van der Waals surface area contributed by atoms with E-state index in [-0.39, 0.29) is 17.5 Å². The van der Waals surface area contributed by atoms with Crippen molar-refractivity contribution in [2.75, 3.05) is 17.2 Å². The van der Waals surface area contributed by atoms with Gasteiger partial charge < -0.3 is 20.7 Å². The minimum absolute atomic E-state index is 0.119. The first-order valence-corrected chi connectivity index (χ1v) is 16.1. The van der Waals surface area contributed by atoms with Crippen LogP contribution in [0.2, 0.25) is 0 Å². The molecule has 1 heterocycles. The number of thioether (sulfide) groups is 1. The maximum Gasteiger partial charge on any atom is 0.272 e. The number of anilines is 2. The summed E-state index contributed by atoms with van der Waals surface area (Å²) in [6, 6.07) is 34.8. The molecule has 0 aliphatic heterocycles. The van der Waals surface area contributed by atoms with Crippen molar-refractivity contribution in [2.24, 2.45) is 0 Å². The third-order valence-electron chi connectivity index (χ3n) is 6.53. The minimum Gasteiger partial charge on any atom is -0.492 e. The first-order chi connectivity index (χ1) is 22.0. The van der Waals surface area contributed by atoms with Gasteiger partial charge in [-0.3, -0.25) is 14.4 Å². The number of benzene rings is 4. The first-order valence-electron chi connectivity index (χ1n) is 14.3. The summed E-state index contributed by atoms with van der Waals surface area (Å²) < 4.78 is 5.69. The van der Waals surface area contributed by atoms with Gasteiger partial charge in [0.1, 0.15) is 16.7 Å². The van der Waals surface area contributed by atoms with Crippen LogP contribution in [0.1, 0.15) is 33.7 Å². The molecule has 0 bridgehead atoms. The summed E-state index contributed by atoms with van der Waals surface area (Å²) in [6.45, 7) is 2.38. The molecule has 3 amide bonds. The molecule has 0 saturated heterocycles. The smallest absolute Gasteiger partial charge is 0.272 e. The van der Waals surface area contributed by atoms with Gasteiger partial charge >= 0.3 is 0 Å². The van der Waals surface area contributed by atoms with E-state index in [0.717, 1.165) is 16.0 Å². The van der Waals surface area contributed by atoms with Crippen molar-refractivity contribution in [1.82, 2.24) is 5.32 Å². The maximum absolute atomic E-state index is 13.6. The molecule has 0 aliphatic rings. The van der Waals surface area contributed by atoms with E-state index >= 15 is 0 Å². The molecule has 9 heteroatoms. The highest BCUT2D eigenvalue weighted by molar-refractivity contribution is 8.00. The largest absolute Gasteiger partial charge is 0.492 e. The Hall–Kier alpha value is -5.12. The Balaban J connectivity index is 1.31. The number of amides is 3. The van der Waals surface area contributed by atoms with Gasteiger partial charge in [0.25, 0.3) is 11.8 Å². The Kier molecular flexibility index (Phi) is 10.8. The molecule has 5 rings (SSSR count). The lowest BCUT2D eigenvalue weighted by Crippen LogP contribution is -2.30. The van der Waals surface area contributed by atoms with Crippen molar-refractivity contribution in [3.8, 4) is 5.75 Å². The van der Waals surface area contributed by atoms with E-state index < -0.39 is 11.2 Å². The van der Waals surface area contributed by atoms with Gasteiger partial charge in [0, 0.05) is 16.1 Å². The Morgan fingerprint density at radius 2 is 1.51 bits per heavy atom. The average Bonchev–Trinajstić information content (AvgIpc) is 3.59. The molecule has 3 N–H and O–H groups in total. The Labute approximate surface area is 270 Å². The second-order valence-corrected chi connectivity index (χ2v) is 11.7. The van der Waals surface area contributed by atoms with Crippen molar-refractivity contribution in [1.29, 1.82) is 0 Å². The zero-order valence-corrected chi connectivity index (χ0v) is 26.1. The molecular formula is C36H31N3O4S2. The van der Waals surface area contributed by atoms with E-state index in [2.05, 4.69) is 16.0 Å². The van der Waals surface area contributed by atoms with Crippen LogP contribution in [0, 0.1) is 0 Å². The Morgan fingerprint density at radius 1 is 0.822 bits per heavy atom. The van der Waals surface area contributed by atoms with Crippen LogP contribution in [-0.4, -0.2) is 24.3 Å². The van der Waals surface area contributed by atoms with Crippen LogP contribution in [0.25, 0.3) is 6.08 Å². The number of ether oxygens (including phenoxy) is 1. The quantitative estimate of drug-likeness (QED) is 0.0955. The number of carbonyl (C=O) groups is 3.